The van der Waals surface area contributed by atoms with E-state index in [1.165, 1.54) is 0 Å². The number of nitriles is 1. The van der Waals surface area contributed by atoms with Gasteiger partial charge in [0, 0.05) is 6.04 Å². The van der Waals surface area contributed by atoms with Crippen molar-refractivity contribution >= 4 is 21.6 Å². The molecule has 0 aliphatic heterocycles. The predicted octanol–water partition coefficient (Wildman–Crippen LogP) is 4.45. The van der Waals surface area contributed by atoms with Crippen molar-refractivity contribution < 1.29 is 4.39 Å². The molecule has 0 radical (unpaired) electrons. The van der Waals surface area contributed by atoms with Gasteiger partial charge in [-0.15, -0.1) is 0 Å². The van der Waals surface area contributed by atoms with Gasteiger partial charge in [-0.1, -0.05) is 19.8 Å². The van der Waals surface area contributed by atoms with E-state index in [4.69, 9.17) is 5.26 Å². The largest absolute Gasteiger partial charge is 0.380 e. The molecular weight excluding hydrogens is 283 g/mol. The summed E-state index contributed by atoms with van der Waals surface area (Å²) in [4.78, 5) is 0. The Hall–Kier alpha value is -1.08. The van der Waals surface area contributed by atoms with E-state index in [-0.39, 0.29) is 10.5 Å². The lowest BCUT2D eigenvalue weighted by atomic mass is 10.1. The van der Waals surface area contributed by atoms with Gasteiger partial charge in [-0.05, 0) is 41.4 Å². The molecule has 0 saturated heterocycles. The van der Waals surface area contributed by atoms with Crippen molar-refractivity contribution in [3.63, 3.8) is 0 Å². The molecule has 1 aromatic carbocycles. The Morgan fingerprint density at radius 2 is 2.24 bits per heavy atom. The molecule has 1 N–H and O–H groups in total. The van der Waals surface area contributed by atoms with Crippen LogP contribution in [0.15, 0.2) is 16.6 Å². The zero-order chi connectivity index (χ0) is 12.8. The molecule has 1 rings (SSSR count). The van der Waals surface area contributed by atoms with Crippen LogP contribution in [-0.2, 0) is 0 Å². The zero-order valence-electron chi connectivity index (χ0n) is 10.1. The Bertz CT molecular complexity index is 426. The number of unbranched alkanes of at least 4 members (excludes halogenated alkanes) is 1. The number of rotatable bonds is 5. The number of hydrogen-bond acceptors (Lipinski definition) is 2. The summed E-state index contributed by atoms with van der Waals surface area (Å²) < 4.78 is 14.1. The van der Waals surface area contributed by atoms with Crippen LogP contribution in [0.2, 0.25) is 0 Å². The Kier molecular flexibility index (Phi) is 5.43. The van der Waals surface area contributed by atoms with Crippen LogP contribution in [0.1, 0.15) is 38.7 Å². The highest BCUT2D eigenvalue weighted by Crippen LogP contribution is 2.27. The zero-order valence-corrected chi connectivity index (χ0v) is 11.6. The van der Waals surface area contributed by atoms with Gasteiger partial charge in [-0.3, -0.25) is 0 Å². The van der Waals surface area contributed by atoms with Crippen LogP contribution in [0.25, 0.3) is 0 Å². The fraction of sp³-hybridized carbons (Fsp3) is 0.462. The molecule has 0 bridgehead atoms. The Morgan fingerprint density at radius 3 is 2.82 bits per heavy atom. The van der Waals surface area contributed by atoms with Gasteiger partial charge < -0.3 is 5.32 Å². The van der Waals surface area contributed by atoms with E-state index in [1.807, 2.05) is 13.0 Å². The van der Waals surface area contributed by atoms with Gasteiger partial charge in [-0.25, -0.2) is 4.39 Å². The molecular formula is C13H16BrFN2. The van der Waals surface area contributed by atoms with Gasteiger partial charge in [0.25, 0.3) is 0 Å². The Balaban J connectivity index is 2.79. The molecule has 0 amide bonds. The molecule has 92 valence electrons. The monoisotopic (exact) mass is 298 g/mol. The van der Waals surface area contributed by atoms with Crippen molar-refractivity contribution in [3.05, 3.63) is 28.0 Å². The first-order valence-electron chi connectivity index (χ1n) is 5.74. The van der Waals surface area contributed by atoms with E-state index < -0.39 is 5.82 Å². The van der Waals surface area contributed by atoms with Crippen molar-refractivity contribution in [2.75, 3.05) is 5.32 Å². The molecule has 0 aromatic heterocycles. The van der Waals surface area contributed by atoms with Crippen LogP contribution in [0.4, 0.5) is 10.1 Å². The lowest BCUT2D eigenvalue weighted by Crippen LogP contribution is -2.16. The van der Waals surface area contributed by atoms with Crippen molar-refractivity contribution in [2.45, 2.75) is 39.2 Å². The molecule has 17 heavy (non-hydrogen) atoms. The second kappa shape index (κ2) is 6.61. The average Bonchev–Trinajstić information content (AvgIpc) is 2.33. The second-order valence-corrected chi connectivity index (χ2v) is 4.88. The van der Waals surface area contributed by atoms with Gasteiger partial charge in [0.05, 0.1) is 15.7 Å². The Morgan fingerprint density at radius 1 is 1.53 bits per heavy atom. The van der Waals surface area contributed by atoms with Crippen LogP contribution in [0.3, 0.4) is 0 Å². The summed E-state index contributed by atoms with van der Waals surface area (Å²) >= 11 is 3.10. The van der Waals surface area contributed by atoms with Crippen molar-refractivity contribution in [3.8, 4) is 6.07 Å². The first-order chi connectivity index (χ1) is 8.10. The SMILES string of the molecule is CCCCC(C)Nc1ccc(C#N)c(Br)c1F. The quantitative estimate of drug-likeness (QED) is 0.872. The van der Waals surface area contributed by atoms with E-state index in [0.29, 0.717) is 11.3 Å². The maximum absolute atomic E-state index is 13.9. The van der Waals surface area contributed by atoms with Gasteiger partial charge in [0.15, 0.2) is 5.82 Å². The number of halogens is 2. The number of nitrogens with one attached hydrogen (secondary N) is 1. The normalized spacial score (nSPS) is 11.9. The predicted molar refractivity (Wildman–Crippen MR) is 71.4 cm³/mol. The molecule has 2 nitrogen and oxygen atoms in total. The van der Waals surface area contributed by atoms with E-state index in [9.17, 15) is 4.39 Å². The maximum atomic E-state index is 13.9. The lowest BCUT2D eigenvalue weighted by molar-refractivity contribution is 0.607. The first-order valence-corrected chi connectivity index (χ1v) is 6.54. The summed E-state index contributed by atoms with van der Waals surface area (Å²) in [6.07, 6.45) is 3.26. The first kappa shape index (κ1) is 14.0. The van der Waals surface area contributed by atoms with Gasteiger partial charge in [0.1, 0.15) is 6.07 Å². The number of anilines is 1. The van der Waals surface area contributed by atoms with Crippen molar-refractivity contribution in [2.24, 2.45) is 0 Å². The van der Waals surface area contributed by atoms with E-state index in [0.717, 1.165) is 19.3 Å². The molecule has 0 spiro atoms. The van der Waals surface area contributed by atoms with Gasteiger partial charge in [-0.2, -0.15) is 5.26 Å². The topological polar surface area (TPSA) is 35.8 Å². The van der Waals surface area contributed by atoms with Crippen LogP contribution in [0.5, 0.6) is 0 Å². The average molecular weight is 299 g/mol. The summed E-state index contributed by atoms with van der Waals surface area (Å²) in [6, 6.07) is 5.39. The minimum absolute atomic E-state index is 0.226. The molecule has 4 heteroatoms. The number of benzene rings is 1. The van der Waals surface area contributed by atoms with Crippen LogP contribution < -0.4 is 5.32 Å². The minimum atomic E-state index is -0.396. The lowest BCUT2D eigenvalue weighted by Gasteiger charge is -2.16. The van der Waals surface area contributed by atoms with Gasteiger partial charge in [0.2, 0.25) is 0 Å². The van der Waals surface area contributed by atoms with E-state index in [2.05, 4.69) is 28.2 Å². The fourth-order valence-corrected chi connectivity index (χ4v) is 2.03. The molecule has 0 aliphatic carbocycles. The van der Waals surface area contributed by atoms with Gasteiger partial charge >= 0.3 is 0 Å². The number of hydrogen-bond donors (Lipinski definition) is 1. The fourth-order valence-electron chi connectivity index (χ4n) is 1.60. The highest BCUT2D eigenvalue weighted by molar-refractivity contribution is 9.10. The van der Waals surface area contributed by atoms with Crippen molar-refractivity contribution in [1.29, 1.82) is 5.26 Å². The third kappa shape index (κ3) is 3.71. The van der Waals surface area contributed by atoms with Crippen LogP contribution >= 0.6 is 15.9 Å². The Labute approximate surface area is 110 Å². The molecule has 1 aromatic rings. The highest BCUT2D eigenvalue weighted by atomic mass is 79.9. The molecule has 1 atom stereocenters. The highest BCUT2D eigenvalue weighted by Gasteiger charge is 2.12. The number of nitrogens with zero attached hydrogens (tertiary/aromatic N) is 1. The summed E-state index contributed by atoms with van der Waals surface area (Å²) in [5.41, 5.74) is 0.758. The van der Waals surface area contributed by atoms with E-state index >= 15 is 0 Å². The molecule has 1 unspecified atom stereocenters. The summed E-state index contributed by atoms with van der Waals surface area (Å²) in [5, 5.41) is 11.9. The van der Waals surface area contributed by atoms with Crippen LogP contribution in [-0.4, -0.2) is 6.04 Å². The van der Waals surface area contributed by atoms with E-state index in [1.54, 1.807) is 12.1 Å². The molecule has 0 saturated carbocycles. The third-order valence-electron chi connectivity index (χ3n) is 2.60. The third-order valence-corrected chi connectivity index (χ3v) is 3.37. The maximum Gasteiger partial charge on any atom is 0.161 e. The molecule has 0 heterocycles. The minimum Gasteiger partial charge on any atom is -0.380 e. The molecule has 0 fully saturated rings. The standard InChI is InChI=1S/C13H16BrFN2/c1-3-4-5-9(2)17-11-7-6-10(8-16)12(14)13(11)15/h6-7,9,17H,3-5H2,1-2H3. The smallest absolute Gasteiger partial charge is 0.161 e. The van der Waals surface area contributed by atoms with Crippen molar-refractivity contribution in [1.82, 2.24) is 0 Å². The summed E-state index contributed by atoms with van der Waals surface area (Å²) in [6.45, 7) is 4.16. The second-order valence-electron chi connectivity index (χ2n) is 4.09. The van der Waals surface area contributed by atoms with Crippen LogP contribution in [0, 0.1) is 17.1 Å². The summed E-state index contributed by atoms with van der Waals surface area (Å²) in [5.74, 6) is -0.396. The summed E-state index contributed by atoms with van der Waals surface area (Å²) in [7, 11) is 0. The molecule has 0 aliphatic rings.